The molecule has 0 saturated carbocycles. The summed E-state index contributed by atoms with van der Waals surface area (Å²) in [7, 11) is 0. The second-order valence-electron chi connectivity index (χ2n) is 7.56. The van der Waals surface area contributed by atoms with E-state index in [9.17, 15) is 9.59 Å². The van der Waals surface area contributed by atoms with Gasteiger partial charge in [-0.25, -0.2) is 9.59 Å². The number of carbonyl (C=O) groups excluding carboxylic acids is 2. The Labute approximate surface area is 199 Å². The Kier molecular flexibility index (Phi) is 8.68. The normalized spacial score (nSPS) is 10.6. The van der Waals surface area contributed by atoms with Crippen molar-refractivity contribution in [3.63, 3.8) is 0 Å². The summed E-state index contributed by atoms with van der Waals surface area (Å²) in [6.07, 6.45) is 4.63. The Morgan fingerprint density at radius 3 is 1.85 bits per heavy atom. The first-order chi connectivity index (χ1) is 16.5. The van der Waals surface area contributed by atoms with Gasteiger partial charge in [-0.1, -0.05) is 75.6 Å². The van der Waals surface area contributed by atoms with Gasteiger partial charge >= 0.3 is 11.9 Å². The minimum Gasteiger partial charge on any atom is -0.481 e. The zero-order valence-electron chi connectivity index (χ0n) is 19.7. The van der Waals surface area contributed by atoms with E-state index >= 15 is 0 Å². The van der Waals surface area contributed by atoms with Crippen LogP contribution in [0.2, 0.25) is 0 Å². The number of rotatable bonds is 12. The first kappa shape index (κ1) is 24.8. The summed E-state index contributed by atoms with van der Waals surface area (Å²) in [5.74, 6) is 0.199. The first-order valence-corrected chi connectivity index (χ1v) is 11.3. The number of hydrogen-bond donors (Lipinski definition) is 0. The van der Waals surface area contributed by atoms with Crippen LogP contribution in [0.3, 0.4) is 0 Å². The predicted molar refractivity (Wildman–Crippen MR) is 134 cm³/mol. The monoisotopic (exact) mass is 462 g/mol. The average Bonchev–Trinajstić information content (AvgIpc) is 2.87. The molecule has 0 fully saturated rings. The number of benzene rings is 3. The molecule has 0 saturated heterocycles. The van der Waals surface area contributed by atoms with Gasteiger partial charge in [-0.2, -0.15) is 0 Å². The van der Waals surface area contributed by atoms with Crippen molar-refractivity contribution in [1.29, 1.82) is 0 Å². The fourth-order valence-corrected chi connectivity index (χ4v) is 3.99. The molecule has 0 bridgehead atoms. The zero-order chi connectivity index (χ0) is 24.5. The lowest BCUT2D eigenvalue weighted by Crippen LogP contribution is -2.16. The highest BCUT2D eigenvalue weighted by atomic mass is 16.6. The molecule has 0 aliphatic rings. The van der Waals surface area contributed by atoms with Gasteiger partial charge in [0, 0.05) is 21.5 Å². The third-order valence-corrected chi connectivity index (χ3v) is 5.43. The van der Waals surface area contributed by atoms with Crippen LogP contribution >= 0.6 is 0 Å². The Bertz CT molecular complexity index is 1210. The average molecular weight is 463 g/mol. The van der Waals surface area contributed by atoms with Crippen molar-refractivity contribution in [3.05, 3.63) is 72.8 Å². The van der Waals surface area contributed by atoms with E-state index in [4.69, 9.17) is 18.9 Å². The maximum absolute atomic E-state index is 12.2. The summed E-state index contributed by atoms with van der Waals surface area (Å²) in [6.45, 7) is 11.1. The lowest BCUT2D eigenvalue weighted by atomic mass is 9.91. The van der Waals surface area contributed by atoms with Crippen molar-refractivity contribution in [3.8, 4) is 11.5 Å². The quantitative estimate of drug-likeness (QED) is 0.206. The molecule has 0 N–H and O–H groups in total. The molecule has 0 aliphatic heterocycles. The molecule has 0 unspecified atom stereocenters. The number of ether oxygens (including phenoxy) is 4. The van der Waals surface area contributed by atoms with Crippen molar-refractivity contribution < 1.29 is 28.5 Å². The highest BCUT2D eigenvalue weighted by Gasteiger charge is 2.21. The number of esters is 2. The van der Waals surface area contributed by atoms with Crippen molar-refractivity contribution >= 4 is 33.5 Å². The molecule has 0 atom stereocenters. The van der Waals surface area contributed by atoms with Gasteiger partial charge in [0.25, 0.3) is 0 Å². The summed E-state index contributed by atoms with van der Waals surface area (Å²) in [5.41, 5.74) is 2.29. The molecule has 0 heterocycles. The standard InChI is InChI=1S/C28H30O6/c1-5-15-31-24(29)17-33-27-21-11-9-10-12-22(21)28(34-18-25(30)32-16-6-2)26-20(8-4)19(7-3)13-14-23(26)27/h5-6,9-14H,1-2,7-8,15-18H2,3-4H3. The molecule has 3 rings (SSSR count). The van der Waals surface area contributed by atoms with Crippen molar-refractivity contribution in [1.82, 2.24) is 0 Å². The lowest BCUT2D eigenvalue weighted by molar-refractivity contribution is -0.145. The molecule has 6 nitrogen and oxygen atoms in total. The van der Waals surface area contributed by atoms with Crippen LogP contribution in [-0.4, -0.2) is 38.4 Å². The van der Waals surface area contributed by atoms with E-state index in [0.717, 1.165) is 39.9 Å². The second kappa shape index (κ2) is 11.9. The molecule has 0 spiro atoms. The van der Waals surface area contributed by atoms with Crippen LogP contribution in [0.5, 0.6) is 11.5 Å². The van der Waals surface area contributed by atoms with Gasteiger partial charge in [-0.05, 0) is 24.0 Å². The molecule has 178 valence electrons. The Morgan fingerprint density at radius 2 is 1.32 bits per heavy atom. The lowest BCUT2D eigenvalue weighted by Gasteiger charge is -2.20. The van der Waals surface area contributed by atoms with Gasteiger partial charge in [-0.3, -0.25) is 0 Å². The molecular weight excluding hydrogens is 432 g/mol. The van der Waals surface area contributed by atoms with Crippen LogP contribution in [0.15, 0.2) is 61.7 Å². The van der Waals surface area contributed by atoms with Crippen molar-refractivity contribution in [2.75, 3.05) is 26.4 Å². The predicted octanol–water partition coefficient (Wildman–Crippen LogP) is 5.33. The molecular formula is C28H30O6. The Morgan fingerprint density at radius 1 is 0.765 bits per heavy atom. The summed E-state index contributed by atoms with van der Waals surface area (Å²) in [6, 6.07) is 11.7. The van der Waals surface area contributed by atoms with E-state index in [-0.39, 0.29) is 26.4 Å². The molecule has 0 radical (unpaired) electrons. The van der Waals surface area contributed by atoms with Gasteiger partial charge in [0.15, 0.2) is 13.2 Å². The maximum atomic E-state index is 12.2. The molecule has 0 aromatic heterocycles. The van der Waals surface area contributed by atoms with E-state index in [2.05, 4.69) is 33.1 Å². The molecule has 0 amide bonds. The fraction of sp³-hybridized carbons (Fsp3) is 0.286. The van der Waals surface area contributed by atoms with Gasteiger partial charge < -0.3 is 18.9 Å². The Hall–Kier alpha value is -3.80. The number of carbonyl (C=O) groups is 2. The van der Waals surface area contributed by atoms with E-state index in [1.54, 1.807) is 0 Å². The molecule has 0 aliphatic carbocycles. The van der Waals surface area contributed by atoms with Crippen molar-refractivity contribution in [2.24, 2.45) is 0 Å². The van der Waals surface area contributed by atoms with Gasteiger partial charge in [-0.15, -0.1) is 0 Å². The fourth-order valence-electron chi connectivity index (χ4n) is 3.99. The Balaban J connectivity index is 2.18. The number of hydrogen-bond acceptors (Lipinski definition) is 6. The maximum Gasteiger partial charge on any atom is 0.344 e. The van der Waals surface area contributed by atoms with Crippen LogP contribution in [0.1, 0.15) is 25.0 Å². The molecule has 6 heteroatoms. The SMILES string of the molecule is C=CCOC(=O)COc1c2ccccc2c(OCC(=O)OCC=C)c2c(CC)c(CC)ccc12. The first-order valence-electron chi connectivity index (χ1n) is 11.3. The molecule has 34 heavy (non-hydrogen) atoms. The number of aryl methyl sites for hydroxylation is 2. The highest BCUT2D eigenvalue weighted by molar-refractivity contribution is 6.12. The van der Waals surface area contributed by atoms with Crippen LogP contribution in [0.4, 0.5) is 0 Å². The van der Waals surface area contributed by atoms with E-state index in [1.165, 1.54) is 17.7 Å². The van der Waals surface area contributed by atoms with E-state index < -0.39 is 11.9 Å². The van der Waals surface area contributed by atoms with Crippen LogP contribution < -0.4 is 9.47 Å². The third kappa shape index (κ3) is 5.39. The summed E-state index contributed by atoms with van der Waals surface area (Å²) >= 11 is 0. The molecule has 3 aromatic rings. The minimum absolute atomic E-state index is 0.123. The topological polar surface area (TPSA) is 71.1 Å². The van der Waals surface area contributed by atoms with Crippen LogP contribution in [0.25, 0.3) is 21.5 Å². The third-order valence-electron chi connectivity index (χ3n) is 5.43. The van der Waals surface area contributed by atoms with Crippen molar-refractivity contribution in [2.45, 2.75) is 26.7 Å². The van der Waals surface area contributed by atoms with Gasteiger partial charge in [0.05, 0.1) is 0 Å². The summed E-state index contributed by atoms with van der Waals surface area (Å²) in [5, 5.41) is 3.22. The van der Waals surface area contributed by atoms with Gasteiger partial charge in [0.2, 0.25) is 0 Å². The summed E-state index contributed by atoms with van der Waals surface area (Å²) < 4.78 is 22.3. The summed E-state index contributed by atoms with van der Waals surface area (Å²) in [4.78, 5) is 24.3. The largest absolute Gasteiger partial charge is 0.481 e. The molecule has 3 aromatic carbocycles. The minimum atomic E-state index is -0.483. The second-order valence-corrected chi connectivity index (χ2v) is 7.56. The number of fused-ring (bicyclic) bond motifs is 2. The zero-order valence-corrected chi connectivity index (χ0v) is 19.7. The van der Waals surface area contributed by atoms with Crippen LogP contribution in [-0.2, 0) is 31.9 Å². The van der Waals surface area contributed by atoms with Crippen LogP contribution in [0, 0.1) is 0 Å². The van der Waals surface area contributed by atoms with E-state index in [1.807, 2.05) is 30.3 Å². The smallest absolute Gasteiger partial charge is 0.344 e. The van der Waals surface area contributed by atoms with E-state index in [0.29, 0.717) is 11.5 Å². The highest BCUT2D eigenvalue weighted by Crippen LogP contribution is 2.45. The van der Waals surface area contributed by atoms with Gasteiger partial charge in [0.1, 0.15) is 24.7 Å².